The third-order valence-electron chi connectivity index (χ3n) is 3.45. The minimum atomic E-state index is -1.34. The third-order valence-corrected chi connectivity index (χ3v) is 3.45. The number of benzene rings is 1. The summed E-state index contributed by atoms with van der Waals surface area (Å²) in [6.45, 7) is 3.75. The van der Waals surface area contributed by atoms with Crippen molar-refractivity contribution in [1.29, 1.82) is 0 Å². The second-order valence-electron chi connectivity index (χ2n) is 5.25. The van der Waals surface area contributed by atoms with E-state index in [1.54, 1.807) is 0 Å². The molecular formula is C15H16FO3-. The van der Waals surface area contributed by atoms with Gasteiger partial charge < -0.3 is 14.6 Å². The third kappa shape index (κ3) is 2.95. The number of hydrogen-bond acceptors (Lipinski definition) is 3. The number of rotatable bonds is 4. The fourth-order valence-corrected chi connectivity index (χ4v) is 2.28. The molecule has 1 atom stereocenters. The lowest BCUT2D eigenvalue weighted by Gasteiger charge is -2.32. The lowest BCUT2D eigenvalue weighted by Crippen LogP contribution is -2.36. The van der Waals surface area contributed by atoms with Crippen molar-refractivity contribution in [1.82, 2.24) is 0 Å². The molecule has 0 aromatic heterocycles. The lowest BCUT2D eigenvalue weighted by atomic mass is 9.90. The number of carboxylic acid groups (broad SMARTS) is 1. The Hall–Kier alpha value is -1.84. The molecule has 0 radical (unpaired) electrons. The Morgan fingerprint density at radius 3 is 2.79 bits per heavy atom. The van der Waals surface area contributed by atoms with Crippen molar-refractivity contribution < 1.29 is 19.0 Å². The monoisotopic (exact) mass is 263 g/mol. The highest BCUT2D eigenvalue weighted by molar-refractivity contribution is 5.86. The summed E-state index contributed by atoms with van der Waals surface area (Å²) >= 11 is 0. The van der Waals surface area contributed by atoms with Gasteiger partial charge in [-0.05, 0) is 44.9 Å². The molecule has 4 heteroatoms. The summed E-state index contributed by atoms with van der Waals surface area (Å²) in [6.07, 6.45) is 6.07. The second-order valence-corrected chi connectivity index (χ2v) is 5.25. The fourth-order valence-electron chi connectivity index (χ4n) is 2.28. The number of hydrogen-bond donors (Lipinski definition) is 0. The van der Waals surface area contributed by atoms with Gasteiger partial charge in [-0.1, -0.05) is 12.2 Å². The first-order valence-corrected chi connectivity index (χ1v) is 6.27. The van der Waals surface area contributed by atoms with Crippen LogP contribution in [0, 0.1) is 11.7 Å². The largest absolute Gasteiger partial charge is 0.545 e. The molecular weight excluding hydrogens is 247 g/mol. The molecule has 1 aromatic rings. The van der Waals surface area contributed by atoms with Crippen molar-refractivity contribution in [2.75, 3.05) is 0 Å². The molecule has 102 valence electrons. The number of carboxylic acids is 1. The summed E-state index contributed by atoms with van der Waals surface area (Å²) in [7, 11) is 0. The van der Waals surface area contributed by atoms with Gasteiger partial charge in [-0.2, -0.15) is 0 Å². The van der Waals surface area contributed by atoms with Crippen LogP contribution in [0.3, 0.4) is 0 Å². The molecule has 0 amide bonds. The van der Waals surface area contributed by atoms with Crippen LogP contribution < -0.4 is 9.84 Å². The van der Waals surface area contributed by atoms with Gasteiger partial charge in [0.2, 0.25) is 0 Å². The van der Waals surface area contributed by atoms with Crippen molar-refractivity contribution in [2.24, 2.45) is 5.92 Å². The van der Waals surface area contributed by atoms with Gasteiger partial charge in [0.05, 0.1) is 5.97 Å². The van der Waals surface area contributed by atoms with E-state index in [0.29, 0.717) is 0 Å². The molecule has 2 rings (SSSR count). The predicted molar refractivity (Wildman–Crippen MR) is 67.3 cm³/mol. The van der Waals surface area contributed by atoms with Crippen LogP contribution in [0.2, 0.25) is 0 Å². The van der Waals surface area contributed by atoms with E-state index in [9.17, 15) is 14.3 Å². The van der Waals surface area contributed by atoms with Crippen LogP contribution in [-0.2, 0) is 0 Å². The van der Waals surface area contributed by atoms with E-state index >= 15 is 0 Å². The van der Waals surface area contributed by atoms with Crippen molar-refractivity contribution in [2.45, 2.75) is 32.3 Å². The highest BCUT2D eigenvalue weighted by atomic mass is 19.1. The van der Waals surface area contributed by atoms with E-state index in [-0.39, 0.29) is 17.2 Å². The number of allylic oxidation sites excluding steroid dienone is 1. The van der Waals surface area contributed by atoms with Gasteiger partial charge in [0, 0.05) is 11.5 Å². The first-order valence-electron chi connectivity index (χ1n) is 6.27. The highest BCUT2D eigenvalue weighted by Crippen LogP contribution is 2.33. The minimum absolute atomic E-state index is 0.0491. The van der Waals surface area contributed by atoms with E-state index in [2.05, 4.69) is 12.2 Å². The minimum Gasteiger partial charge on any atom is -0.545 e. The normalized spacial score (nSPS) is 18.6. The Labute approximate surface area is 111 Å². The van der Waals surface area contributed by atoms with Gasteiger partial charge in [0.25, 0.3) is 0 Å². The molecule has 0 saturated heterocycles. The molecule has 0 N–H and O–H groups in total. The number of halogens is 1. The van der Waals surface area contributed by atoms with E-state index < -0.39 is 17.4 Å². The van der Waals surface area contributed by atoms with Crippen LogP contribution in [0.4, 0.5) is 4.39 Å². The molecule has 0 spiro atoms. The van der Waals surface area contributed by atoms with Crippen LogP contribution >= 0.6 is 0 Å². The fraction of sp³-hybridized carbons (Fsp3) is 0.400. The van der Waals surface area contributed by atoms with Gasteiger partial charge in [-0.15, -0.1) is 0 Å². The smallest absolute Gasteiger partial charge is 0.165 e. The van der Waals surface area contributed by atoms with Crippen LogP contribution in [0.5, 0.6) is 5.75 Å². The molecule has 0 aliphatic heterocycles. The average molecular weight is 263 g/mol. The van der Waals surface area contributed by atoms with Crippen molar-refractivity contribution in [3.63, 3.8) is 0 Å². The molecule has 0 saturated carbocycles. The summed E-state index contributed by atoms with van der Waals surface area (Å²) in [6, 6.07) is 3.42. The Balaban J connectivity index is 2.24. The van der Waals surface area contributed by atoms with Crippen molar-refractivity contribution in [3.05, 3.63) is 41.7 Å². The molecule has 0 bridgehead atoms. The molecule has 0 fully saturated rings. The van der Waals surface area contributed by atoms with Crippen molar-refractivity contribution >= 4 is 5.97 Å². The van der Waals surface area contributed by atoms with Crippen molar-refractivity contribution in [3.8, 4) is 5.75 Å². The van der Waals surface area contributed by atoms with Gasteiger partial charge in [0.1, 0.15) is 5.60 Å². The molecule has 1 aliphatic rings. The number of aromatic carboxylic acids is 1. The van der Waals surface area contributed by atoms with Gasteiger partial charge in [0.15, 0.2) is 11.6 Å². The zero-order valence-corrected chi connectivity index (χ0v) is 11.0. The number of carbonyl (C=O) groups is 1. The summed E-state index contributed by atoms with van der Waals surface area (Å²) in [4.78, 5) is 10.8. The Bertz CT molecular complexity index is 520. The molecule has 1 aliphatic carbocycles. The average Bonchev–Trinajstić information content (AvgIpc) is 2.85. The lowest BCUT2D eigenvalue weighted by molar-refractivity contribution is -0.255. The summed E-state index contributed by atoms with van der Waals surface area (Å²) < 4.78 is 19.4. The van der Waals surface area contributed by atoms with Crippen LogP contribution in [0.25, 0.3) is 0 Å². The first kappa shape index (κ1) is 13.6. The molecule has 1 unspecified atom stereocenters. The molecule has 19 heavy (non-hydrogen) atoms. The van der Waals surface area contributed by atoms with Crippen LogP contribution in [0.15, 0.2) is 30.4 Å². The molecule has 1 aromatic carbocycles. The summed E-state index contributed by atoms with van der Waals surface area (Å²) in [5.41, 5.74) is -0.674. The van der Waals surface area contributed by atoms with Crippen LogP contribution in [0.1, 0.15) is 37.0 Å². The summed E-state index contributed by atoms with van der Waals surface area (Å²) in [5, 5.41) is 10.8. The molecule has 3 nitrogen and oxygen atoms in total. The quantitative estimate of drug-likeness (QED) is 0.783. The van der Waals surface area contributed by atoms with Crippen LogP contribution in [-0.4, -0.2) is 11.6 Å². The second kappa shape index (κ2) is 5.03. The topological polar surface area (TPSA) is 49.4 Å². The number of ether oxygens (including phenoxy) is 1. The van der Waals surface area contributed by atoms with E-state index in [4.69, 9.17) is 4.74 Å². The van der Waals surface area contributed by atoms with E-state index in [0.717, 1.165) is 18.9 Å². The Kier molecular flexibility index (Phi) is 3.60. The Morgan fingerprint density at radius 1 is 1.47 bits per heavy atom. The van der Waals surface area contributed by atoms with E-state index in [1.807, 2.05) is 13.8 Å². The van der Waals surface area contributed by atoms with E-state index in [1.165, 1.54) is 12.1 Å². The number of carbonyl (C=O) groups excluding carboxylic acids is 1. The van der Waals surface area contributed by atoms with Gasteiger partial charge in [-0.25, -0.2) is 4.39 Å². The highest BCUT2D eigenvalue weighted by Gasteiger charge is 2.31. The maximum absolute atomic E-state index is 13.7. The SMILES string of the molecule is CC(C)(Oc1cc(C(=O)[O-])ccc1F)C1C=CCC1. The maximum atomic E-state index is 13.7. The Morgan fingerprint density at radius 2 is 2.21 bits per heavy atom. The maximum Gasteiger partial charge on any atom is 0.165 e. The zero-order valence-electron chi connectivity index (χ0n) is 11.0. The standard InChI is InChI=1S/C15H17FO3/c1-15(2,11-5-3-4-6-11)19-13-9-10(14(17)18)7-8-12(13)16/h3,5,7-9,11H,4,6H2,1-2H3,(H,17,18)/p-1. The van der Waals surface area contributed by atoms with Gasteiger partial charge in [-0.3, -0.25) is 0 Å². The molecule has 0 heterocycles. The van der Waals surface area contributed by atoms with Gasteiger partial charge >= 0.3 is 0 Å². The summed E-state index contributed by atoms with van der Waals surface area (Å²) in [5.74, 6) is -1.77. The predicted octanol–water partition coefficient (Wildman–Crippen LogP) is 2.31. The first-order chi connectivity index (χ1) is 8.90. The zero-order chi connectivity index (χ0) is 14.0.